The minimum absolute atomic E-state index is 0.0338. The molecule has 4 saturated carbocycles. The number of anilines is 1. The molecule has 0 saturated heterocycles. The summed E-state index contributed by atoms with van der Waals surface area (Å²) in [5, 5.41) is 22.6. The van der Waals surface area contributed by atoms with Crippen molar-refractivity contribution in [2.24, 2.45) is 56.7 Å². The summed E-state index contributed by atoms with van der Waals surface area (Å²) in [4.78, 5) is 40.0. The van der Waals surface area contributed by atoms with E-state index in [1.54, 1.807) is 12.1 Å². The van der Waals surface area contributed by atoms with Crippen molar-refractivity contribution in [1.82, 2.24) is 5.32 Å². The first-order valence-corrected chi connectivity index (χ1v) is 21.5. The second-order valence-corrected chi connectivity index (χ2v) is 19.6. The van der Waals surface area contributed by atoms with Crippen LogP contribution in [0.4, 0.5) is 5.69 Å². The number of benzene rings is 2. The zero-order chi connectivity index (χ0) is 39.4. The van der Waals surface area contributed by atoms with Crippen molar-refractivity contribution in [2.75, 3.05) is 24.5 Å². The van der Waals surface area contributed by atoms with E-state index in [9.17, 15) is 24.6 Å². The smallest absolute Gasteiger partial charge is 0.335 e. The predicted molar refractivity (Wildman–Crippen MR) is 220 cm³/mol. The molecule has 0 aliphatic heterocycles. The van der Waals surface area contributed by atoms with E-state index in [2.05, 4.69) is 52.9 Å². The molecule has 0 heterocycles. The number of fused-ring (bicyclic) bond motifs is 7. The van der Waals surface area contributed by atoms with Gasteiger partial charge in [0.1, 0.15) is 6.54 Å². The maximum Gasteiger partial charge on any atom is 0.335 e. The third-order valence-electron chi connectivity index (χ3n) is 17.1. The Morgan fingerprint density at radius 2 is 1.55 bits per heavy atom. The summed E-state index contributed by atoms with van der Waals surface area (Å²) in [6.07, 6.45) is 16.1. The number of aliphatic carboxylic acids is 1. The molecule has 55 heavy (non-hydrogen) atoms. The van der Waals surface area contributed by atoms with E-state index in [-0.39, 0.29) is 39.5 Å². The molecule has 0 bridgehead atoms. The zero-order valence-electron chi connectivity index (χ0n) is 34.3. The minimum atomic E-state index is -0.885. The van der Waals surface area contributed by atoms with Crippen LogP contribution in [0.5, 0.6) is 0 Å². The van der Waals surface area contributed by atoms with Crippen LogP contribution < -0.4 is 10.2 Å². The van der Waals surface area contributed by atoms with Gasteiger partial charge in [0.2, 0.25) is 5.91 Å². The maximum atomic E-state index is 14.7. The van der Waals surface area contributed by atoms with E-state index in [1.165, 1.54) is 50.5 Å². The lowest BCUT2D eigenvalue weighted by Gasteiger charge is -2.72. The first-order chi connectivity index (χ1) is 26.1. The molecule has 2 aromatic carbocycles. The summed E-state index contributed by atoms with van der Waals surface area (Å²) >= 11 is 0. The highest BCUT2D eigenvalue weighted by Gasteiger charge is 2.71. The topological polar surface area (TPSA) is 107 Å². The van der Waals surface area contributed by atoms with Crippen LogP contribution >= 0.6 is 0 Å². The molecule has 3 unspecified atom stereocenters. The molecule has 9 atom stereocenters. The SMILES string of the molecule is CCCC[C@@H]1CC[C@]2(C(=O)NCCN(CC(=O)O)c3ccccc3)CC[C@]3(C)[C@H](CCC4[C@@]5(C)CC=C(c6ccc(C(=O)O)cc6)C(C)(C)C5CC[C@]43C)C12. The summed E-state index contributed by atoms with van der Waals surface area (Å²) in [6, 6.07) is 17.2. The molecular formula is C48H66N2O5. The molecule has 2 aromatic rings. The first-order valence-electron chi connectivity index (χ1n) is 21.5. The highest BCUT2D eigenvalue weighted by molar-refractivity contribution is 5.88. The van der Waals surface area contributed by atoms with Gasteiger partial charge in [-0.3, -0.25) is 9.59 Å². The van der Waals surface area contributed by atoms with Crippen molar-refractivity contribution in [3.8, 4) is 0 Å². The molecule has 5 aliphatic carbocycles. The molecule has 7 heteroatoms. The number of nitrogens with zero attached hydrogens (tertiary/aromatic N) is 1. The summed E-state index contributed by atoms with van der Waals surface area (Å²) < 4.78 is 0. The van der Waals surface area contributed by atoms with Crippen molar-refractivity contribution < 1.29 is 24.6 Å². The quantitative estimate of drug-likeness (QED) is 0.199. The largest absolute Gasteiger partial charge is 0.480 e. The van der Waals surface area contributed by atoms with E-state index in [1.807, 2.05) is 47.4 Å². The number of carboxylic acids is 2. The van der Waals surface area contributed by atoms with Gasteiger partial charge >= 0.3 is 11.9 Å². The van der Waals surface area contributed by atoms with Gasteiger partial charge in [0, 0.05) is 18.8 Å². The third kappa shape index (κ3) is 6.44. The number of carbonyl (C=O) groups is 3. The molecule has 0 radical (unpaired) electrons. The maximum absolute atomic E-state index is 14.7. The summed E-state index contributed by atoms with van der Waals surface area (Å²) in [7, 11) is 0. The molecule has 5 aliphatic rings. The lowest BCUT2D eigenvalue weighted by molar-refractivity contribution is -0.226. The van der Waals surface area contributed by atoms with E-state index in [0.29, 0.717) is 48.2 Å². The number of allylic oxidation sites excluding steroid dienone is 2. The first kappa shape index (κ1) is 39.6. The molecule has 7 nitrogen and oxygen atoms in total. The van der Waals surface area contributed by atoms with Crippen LogP contribution in [-0.2, 0) is 9.59 Å². The van der Waals surface area contributed by atoms with Crippen LogP contribution in [0.1, 0.15) is 135 Å². The van der Waals surface area contributed by atoms with Gasteiger partial charge < -0.3 is 20.4 Å². The Morgan fingerprint density at radius 1 is 0.818 bits per heavy atom. The number of carbonyl (C=O) groups excluding carboxylic acids is 1. The summed E-state index contributed by atoms with van der Waals surface area (Å²) in [5.41, 5.74) is 3.82. The van der Waals surface area contributed by atoms with Crippen LogP contribution in [0.15, 0.2) is 60.7 Å². The Kier molecular flexibility index (Phi) is 10.6. The van der Waals surface area contributed by atoms with Crippen LogP contribution in [0.25, 0.3) is 5.57 Å². The van der Waals surface area contributed by atoms with Gasteiger partial charge in [0.15, 0.2) is 0 Å². The van der Waals surface area contributed by atoms with Crippen LogP contribution in [0.3, 0.4) is 0 Å². The van der Waals surface area contributed by atoms with Gasteiger partial charge in [-0.25, -0.2) is 4.79 Å². The Morgan fingerprint density at radius 3 is 2.22 bits per heavy atom. The van der Waals surface area contributed by atoms with Gasteiger partial charge in [-0.15, -0.1) is 0 Å². The number of amides is 1. The Labute approximate surface area is 329 Å². The van der Waals surface area contributed by atoms with Gasteiger partial charge in [0.05, 0.1) is 11.0 Å². The number of carboxylic acid groups (broad SMARTS) is 2. The summed E-state index contributed by atoms with van der Waals surface area (Å²) in [6.45, 7) is 15.9. The van der Waals surface area contributed by atoms with Gasteiger partial charge in [-0.2, -0.15) is 0 Å². The normalized spacial score (nSPS) is 36.0. The molecular weight excluding hydrogens is 685 g/mol. The number of unbranched alkanes of at least 4 members (excludes halogenated alkanes) is 1. The van der Waals surface area contributed by atoms with Crippen LogP contribution in [0, 0.1) is 56.7 Å². The average molecular weight is 751 g/mol. The third-order valence-corrected chi connectivity index (χ3v) is 17.1. The van der Waals surface area contributed by atoms with Crippen molar-refractivity contribution >= 4 is 29.1 Å². The highest BCUT2D eigenvalue weighted by atomic mass is 16.4. The number of para-hydroxylation sites is 1. The van der Waals surface area contributed by atoms with Gasteiger partial charge in [-0.1, -0.05) is 97.2 Å². The fourth-order valence-electron chi connectivity index (χ4n) is 14.4. The Hall–Kier alpha value is -3.61. The second kappa shape index (κ2) is 14.7. The average Bonchev–Trinajstić information content (AvgIpc) is 3.53. The van der Waals surface area contributed by atoms with Crippen LogP contribution in [-0.4, -0.2) is 47.7 Å². The molecule has 0 spiro atoms. The minimum Gasteiger partial charge on any atom is -0.480 e. The Balaban J connectivity index is 1.15. The van der Waals surface area contributed by atoms with E-state index in [4.69, 9.17) is 0 Å². The van der Waals surface area contributed by atoms with Crippen molar-refractivity contribution in [2.45, 2.75) is 119 Å². The van der Waals surface area contributed by atoms with Crippen molar-refractivity contribution in [1.29, 1.82) is 0 Å². The highest BCUT2D eigenvalue weighted by Crippen LogP contribution is 2.77. The predicted octanol–water partition coefficient (Wildman–Crippen LogP) is 10.4. The van der Waals surface area contributed by atoms with Gasteiger partial charge in [-0.05, 0) is 144 Å². The molecule has 0 aromatic heterocycles. The lowest BCUT2D eigenvalue weighted by Crippen LogP contribution is -2.66. The standard InChI is InChI=1S/C48H66N2O5/c1-7-8-12-33-21-26-48(43(55)49-29-30-50(31-40(51)52)35-13-10-9-11-14-35)28-27-46(5)37(41(33)48)19-20-39-45(4)24-22-36(32-15-17-34(18-16-32)42(53)54)44(2,3)38(45)23-25-47(39,46)6/h9-11,13-18,22,33,37-39,41H,7-8,12,19-21,23-31H2,1-6H3,(H,49,55)(H,51,52)(H,53,54)/t33-,37-,38?,39?,41?,45+,46-,47-,48+/m1/s1. The molecule has 298 valence electrons. The molecule has 3 N–H and O–H groups in total. The second-order valence-electron chi connectivity index (χ2n) is 19.6. The van der Waals surface area contributed by atoms with Crippen molar-refractivity contribution in [3.05, 3.63) is 71.8 Å². The zero-order valence-corrected chi connectivity index (χ0v) is 34.3. The lowest BCUT2D eigenvalue weighted by atomic mass is 9.32. The van der Waals surface area contributed by atoms with Gasteiger partial charge in [0.25, 0.3) is 0 Å². The monoisotopic (exact) mass is 750 g/mol. The number of hydrogen-bond donors (Lipinski definition) is 3. The van der Waals surface area contributed by atoms with Crippen molar-refractivity contribution in [3.63, 3.8) is 0 Å². The number of hydrogen-bond acceptors (Lipinski definition) is 4. The van der Waals surface area contributed by atoms with E-state index < -0.39 is 11.9 Å². The molecule has 1 amide bonds. The molecule has 4 fully saturated rings. The number of nitrogens with one attached hydrogen (secondary N) is 1. The number of aromatic carboxylic acids is 1. The fraction of sp³-hybridized carbons (Fsp3) is 0.646. The molecule has 7 rings (SSSR count). The number of rotatable bonds is 12. The van der Waals surface area contributed by atoms with E-state index in [0.717, 1.165) is 43.4 Å². The van der Waals surface area contributed by atoms with E-state index >= 15 is 0 Å². The fourth-order valence-corrected chi connectivity index (χ4v) is 14.4. The Bertz CT molecular complexity index is 1790. The van der Waals surface area contributed by atoms with Crippen LogP contribution in [0.2, 0.25) is 0 Å². The summed E-state index contributed by atoms with van der Waals surface area (Å²) in [5.74, 6) is 1.06.